The van der Waals surface area contributed by atoms with Crippen molar-refractivity contribution < 1.29 is 18.7 Å². The van der Waals surface area contributed by atoms with E-state index in [1.165, 1.54) is 5.56 Å². The van der Waals surface area contributed by atoms with Crippen LogP contribution in [0.3, 0.4) is 0 Å². The van der Waals surface area contributed by atoms with E-state index in [0.29, 0.717) is 18.1 Å². The number of fused-ring (bicyclic) bond motifs is 1. The van der Waals surface area contributed by atoms with Crippen LogP contribution in [0.5, 0.6) is 5.75 Å². The lowest BCUT2D eigenvalue weighted by Gasteiger charge is -2.37. The van der Waals surface area contributed by atoms with E-state index in [-0.39, 0.29) is 30.2 Å². The van der Waals surface area contributed by atoms with Crippen LogP contribution in [0.1, 0.15) is 46.0 Å². The number of rotatable bonds is 6. The Labute approximate surface area is 210 Å². The van der Waals surface area contributed by atoms with Crippen LogP contribution < -0.4 is 9.64 Å². The van der Waals surface area contributed by atoms with Crippen LogP contribution in [-0.2, 0) is 17.8 Å². The first kappa shape index (κ1) is 23.4. The molecule has 182 valence electrons. The number of hydrogen-bond donors (Lipinski definition) is 0. The summed E-state index contributed by atoms with van der Waals surface area (Å²) >= 11 is 0. The number of anilines is 1. The minimum atomic E-state index is -0.226. The molecule has 2 heterocycles. The molecule has 1 aliphatic rings. The molecule has 4 aromatic rings. The zero-order valence-corrected chi connectivity index (χ0v) is 20.4. The Balaban J connectivity index is 1.33. The SMILES string of the molecule is CC(=O)N1CCc2ccc(OCc3ccc(C(=O)N(C)c4ccccc4)o3)cc2C1c1ccccc1. The first-order valence-electron chi connectivity index (χ1n) is 12.0. The molecule has 1 atom stereocenters. The summed E-state index contributed by atoms with van der Waals surface area (Å²) in [6.45, 7) is 2.49. The molecule has 6 heteroatoms. The smallest absolute Gasteiger partial charge is 0.293 e. The average molecular weight is 481 g/mol. The highest BCUT2D eigenvalue weighted by molar-refractivity contribution is 6.03. The van der Waals surface area contributed by atoms with Crippen molar-refractivity contribution in [2.24, 2.45) is 0 Å². The van der Waals surface area contributed by atoms with E-state index in [4.69, 9.17) is 9.15 Å². The van der Waals surface area contributed by atoms with Gasteiger partial charge in [-0.2, -0.15) is 0 Å². The normalized spacial score (nSPS) is 14.7. The Morgan fingerprint density at radius 1 is 0.972 bits per heavy atom. The van der Waals surface area contributed by atoms with Gasteiger partial charge in [0.1, 0.15) is 18.1 Å². The summed E-state index contributed by atoms with van der Waals surface area (Å²) in [5, 5.41) is 0. The Morgan fingerprint density at radius 2 is 1.69 bits per heavy atom. The number of furan rings is 1. The molecular weight excluding hydrogens is 452 g/mol. The molecule has 2 amide bonds. The molecule has 0 bridgehead atoms. The maximum atomic E-state index is 12.8. The van der Waals surface area contributed by atoms with Gasteiger partial charge in [-0.15, -0.1) is 0 Å². The van der Waals surface area contributed by atoms with E-state index in [2.05, 4.69) is 18.2 Å². The largest absolute Gasteiger partial charge is 0.486 e. The predicted molar refractivity (Wildman–Crippen MR) is 138 cm³/mol. The average Bonchev–Trinajstić information content (AvgIpc) is 3.40. The molecule has 0 spiro atoms. The number of ether oxygens (including phenoxy) is 1. The summed E-state index contributed by atoms with van der Waals surface area (Å²) in [7, 11) is 1.72. The van der Waals surface area contributed by atoms with Crippen molar-refractivity contribution in [1.29, 1.82) is 0 Å². The fraction of sp³-hybridized carbons (Fsp3) is 0.200. The van der Waals surface area contributed by atoms with Gasteiger partial charge in [-0.25, -0.2) is 0 Å². The third kappa shape index (κ3) is 4.75. The van der Waals surface area contributed by atoms with Crippen molar-refractivity contribution in [3.8, 4) is 5.75 Å². The van der Waals surface area contributed by atoms with Crippen molar-refractivity contribution in [3.63, 3.8) is 0 Å². The van der Waals surface area contributed by atoms with Crippen LogP contribution in [0.4, 0.5) is 5.69 Å². The summed E-state index contributed by atoms with van der Waals surface area (Å²) in [5.41, 5.74) is 4.14. The topological polar surface area (TPSA) is 63.0 Å². The lowest BCUT2D eigenvalue weighted by atomic mass is 9.88. The van der Waals surface area contributed by atoms with Gasteiger partial charge < -0.3 is 19.0 Å². The number of carbonyl (C=O) groups is 2. The first-order valence-corrected chi connectivity index (χ1v) is 12.0. The van der Waals surface area contributed by atoms with E-state index in [9.17, 15) is 9.59 Å². The van der Waals surface area contributed by atoms with Gasteiger partial charge in [0.25, 0.3) is 5.91 Å². The summed E-state index contributed by atoms with van der Waals surface area (Å²) < 4.78 is 11.8. The van der Waals surface area contributed by atoms with Crippen molar-refractivity contribution in [1.82, 2.24) is 4.90 Å². The number of benzene rings is 3. The third-order valence-electron chi connectivity index (χ3n) is 6.57. The minimum Gasteiger partial charge on any atom is -0.486 e. The van der Waals surface area contributed by atoms with Crippen molar-refractivity contribution in [3.05, 3.63) is 119 Å². The Morgan fingerprint density at radius 3 is 2.42 bits per heavy atom. The van der Waals surface area contributed by atoms with Crippen LogP contribution in [0.25, 0.3) is 0 Å². The van der Waals surface area contributed by atoms with Crippen LogP contribution in [0, 0.1) is 0 Å². The number of para-hydroxylation sites is 1. The molecule has 0 fully saturated rings. The summed E-state index contributed by atoms with van der Waals surface area (Å²) in [6, 6.07) is 28.8. The number of carbonyl (C=O) groups excluding carboxylic acids is 2. The van der Waals surface area contributed by atoms with Crippen molar-refractivity contribution in [2.75, 3.05) is 18.5 Å². The van der Waals surface area contributed by atoms with E-state index in [1.54, 1.807) is 31.0 Å². The fourth-order valence-corrected chi connectivity index (χ4v) is 4.68. The van der Waals surface area contributed by atoms with Crippen LogP contribution in [-0.4, -0.2) is 30.3 Å². The van der Waals surface area contributed by atoms with Crippen LogP contribution in [0.15, 0.2) is 95.4 Å². The van der Waals surface area contributed by atoms with Gasteiger partial charge >= 0.3 is 0 Å². The minimum absolute atomic E-state index is 0.0501. The highest BCUT2D eigenvalue weighted by Crippen LogP contribution is 2.37. The number of nitrogens with zero attached hydrogens (tertiary/aromatic N) is 2. The van der Waals surface area contributed by atoms with Crippen molar-refractivity contribution >= 4 is 17.5 Å². The Bertz CT molecular complexity index is 1360. The molecule has 0 radical (unpaired) electrons. The van der Waals surface area contributed by atoms with Gasteiger partial charge in [0.2, 0.25) is 5.91 Å². The molecule has 0 saturated carbocycles. The van der Waals surface area contributed by atoms with Crippen LogP contribution >= 0.6 is 0 Å². The van der Waals surface area contributed by atoms with Gasteiger partial charge in [-0.05, 0) is 59.5 Å². The van der Waals surface area contributed by atoms with E-state index in [1.807, 2.05) is 65.6 Å². The quantitative estimate of drug-likeness (QED) is 0.359. The highest BCUT2D eigenvalue weighted by atomic mass is 16.5. The molecule has 0 N–H and O–H groups in total. The molecule has 1 aromatic heterocycles. The molecule has 1 aliphatic heterocycles. The molecule has 0 aliphatic carbocycles. The first-order chi connectivity index (χ1) is 17.5. The molecular formula is C30H28N2O4. The number of hydrogen-bond acceptors (Lipinski definition) is 4. The van der Waals surface area contributed by atoms with E-state index in [0.717, 1.165) is 23.2 Å². The second-order valence-corrected chi connectivity index (χ2v) is 8.89. The van der Waals surface area contributed by atoms with Gasteiger partial charge in [0.15, 0.2) is 5.76 Å². The van der Waals surface area contributed by atoms with Gasteiger partial charge in [-0.3, -0.25) is 9.59 Å². The zero-order valence-electron chi connectivity index (χ0n) is 20.4. The zero-order chi connectivity index (χ0) is 25.1. The molecule has 3 aromatic carbocycles. The summed E-state index contributed by atoms with van der Waals surface area (Å²) in [4.78, 5) is 28.7. The predicted octanol–water partition coefficient (Wildman–Crippen LogP) is 5.63. The lowest BCUT2D eigenvalue weighted by Crippen LogP contribution is -2.39. The Kier molecular flexibility index (Phi) is 6.58. The molecule has 36 heavy (non-hydrogen) atoms. The monoisotopic (exact) mass is 480 g/mol. The van der Waals surface area contributed by atoms with Gasteiger partial charge in [-0.1, -0.05) is 54.6 Å². The summed E-state index contributed by atoms with van der Waals surface area (Å²) in [5.74, 6) is 1.32. The second-order valence-electron chi connectivity index (χ2n) is 8.89. The van der Waals surface area contributed by atoms with Crippen molar-refractivity contribution in [2.45, 2.75) is 26.0 Å². The molecule has 6 nitrogen and oxygen atoms in total. The highest BCUT2D eigenvalue weighted by Gasteiger charge is 2.30. The molecule has 1 unspecified atom stereocenters. The lowest BCUT2D eigenvalue weighted by molar-refractivity contribution is -0.130. The second kappa shape index (κ2) is 10.1. The Hall–Kier alpha value is -4.32. The number of amides is 2. The van der Waals surface area contributed by atoms with E-state index >= 15 is 0 Å². The molecule has 0 saturated heterocycles. The van der Waals surface area contributed by atoms with E-state index < -0.39 is 0 Å². The van der Waals surface area contributed by atoms with Crippen LogP contribution in [0.2, 0.25) is 0 Å². The summed E-state index contributed by atoms with van der Waals surface area (Å²) in [6.07, 6.45) is 0.803. The van der Waals surface area contributed by atoms with Gasteiger partial charge in [0, 0.05) is 26.2 Å². The maximum Gasteiger partial charge on any atom is 0.293 e. The molecule has 5 rings (SSSR count). The maximum absolute atomic E-state index is 12.8. The third-order valence-corrected chi connectivity index (χ3v) is 6.57. The fourth-order valence-electron chi connectivity index (χ4n) is 4.68. The standard InChI is InChI=1S/C30H28N2O4/c1-21(33)32-18-17-22-13-14-25(19-27(22)29(32)23-9-5-3-6-10-23)35-20-26-15-16-28(36-26)30(34)31(2)24-11-7-4-8-12-24/h3-16,19,29H,17-18,20H2,1-2H3. The van der Waals surface area contributed by atoms with Gasteiger partial charge in [0.05, 0.1) is 6.04 Å².